The van der Waals surface area contributed by atoms with Gasteiger partial charge >= 0.3 is 5.97 Å². The number of rotatable bonds is 4. The predicted molar refractivity (Wildman–Crippen MR) is 84.0 cm³/mol. The van der Waals surface area contributed by atoms with Gasteiger partial charge in [-0.15, -0.1) is 0 Å². The second-order valence-corrected chi connectivity index (χ2v) is 4.99. The molecule has 0 aliphatic heterocycles. The van der Waals surface area contributed by atoms with Crippen LogP contribution < -0.4 is 5.32 Å². The molecule has 5 nitrogen and oxygen atoms in total. The average molecular weight is 294 g/mol. The van der Waals surface area contributed by atoms with Gasteiger partial charge in [-0.25, -0.2) is 0 Å². The lowest BCUT2D eigenvalue weighted by molar-refractivity contribution is -0.136. The Morgan fingerprint density at radius 3 is 2.45 bits per heavy atom. The number of hydrogen-bond acceptors (Lipinski definition) is 2. The third-order valence-corrected chi connectivity index (χ3v) is 3.34. The van der Waals surface area contributed by atoms with E-state index in [2.05, 4.69) is 10.3 Å². The fraction of sp³-hybridized carbons (Fsp3) is 0.0588. The number of nitrogens with one attached hydrogen (secondary N) is 2. The molecule has 0 unspecified atom stereocenters. The van der Waals surface area contributed by atoms with Crippen molar-refractivity contribution in [1.29, 1.82) is 0 Å². The van der Waals surface area contributed by atoms with E-state index in [1.165, 1.54) is 0 Å². The molecular formula is C17H14N2O3. The fourth-order valence-electron chi connectivity index (χ4n) is 2.27. The highest BCUT2D eigenvalue weighted by Gasteiger charge is 2.09. The summed E-state index contributed by atoms with van der Waals surface area (Å²) in [6.07, 6.45) is -0.0315. The Labute approximate surface area is 126 Å². The topological polar surface area (TPSA) is 82.2 Å². The van der Waals surface area contributed by atoms with E-state index in [-0.39, 0.29) is 12.3 Å². The summed E-state index contributed by atoms with van der Waals surface area (Å²) in [5.41, 5.74) is 2.70. The number of aromatic amines is 1. The standard InChI is InChI=1S/C17H14N2O3/c20-16(21)9-11-5-7-13(8-6-11)18-17(22)15-10-12-3-1-2-4-14(12)19-15/h1-8,10,19H,9H2,(H,18,22)(H,20,21). The van der Waals surface area contributed by atoms with Crippen LogP contribution in [0.4, 0.5) is 5.69 Å². The summed E-state index contributed by atoms with van der Waals surface area (Å²) in [5, 5.41) is 12.5. The van der Waals surface area contributed by atoms with Gasteiger partial charge in [0.2, 0.25) is 0 Å². The lowest BCUT2D eigenvalue weighted by Crippen LogP contribution is -2.12. The van der Waals surface area contributed by atoms with Crippen LogP contribution in [0.5, 0.6) is 0 Å². The molecule has 0 radical (unpaired) electrons. The first-order valence-corrected chi connectivity index (χ1v) is 6.82. The number of para-hydroxylation sites is 1. The first-order valence-electron chi connectivity index (χ1n) is 6.82. The van der Waals surface area contributed by atoms with E-state index in [0.29, 0.717) is 16.9 Å². The quantitative estimate of drug-likeness (QED) is 0.691. The minimum atomic E-state index is -0.880. The zero-order chi connectivity index (χ0) is 15.5. The van der Waals surface area contributed by atoms with Gasteiger partial charge in [-0.1, -0.05) is 30.3 Å². The van der Waals surface area contributed by atoms with Crippen molar-refractivity contribution in [2.75, 3.05) is 5.32 Å². The Morgan fingerprint density at radius 2 is 1.77 bits per heavy atom. The number of hydrogen-bond donors (Lipinski definition) is 3. The first kappa shape index (κ1) is 13.9. The van der Waals surface area contributed by atoms with E-state index in [1.54, 1.807) is 30.3 Å². The van der Waals surface area contributed by atoms with Crippen molar-refractivity contribution in [3.8, 4) is 0 Å². The second-order valence-electron chi connectivity index (χ2n) is 4.99. The number of carbonyl (C=O) groups is 2. The summed E-state index contributed by atoms with van der Waals surface area (Å²) in [6.45, 7) is 0. The zero-order valence-corrected chi connectivity index (χ0v) is 11.7. The van der Waals surface area contributed by atoms with Gasteiger partial charge in [0.05, 0.1) is 6.42 Å². The summed E-state index contributed by atoms with van der Waals surface area (Å²) in [6, 6.07) is 16.2. The summed E-state index contributed by atoms with van der Waals surface area (Å²) in [5.74, 6) is -1.11. The van der Waals surface area contributed by atoms with E-state index in [1.807, 2.05) is 24.3 Å². The predicted octanol–water partition coefficient (Wildman–Crippen LogP) is 3.05. The molecule has 0 aliphatic carbocycles. The highest BCUT2D eigenvalue weighted by molar-refractivity contribution is 6.05. The molecule has 1 amide bonds. The number of aliphatic carboxylic acids is 1. The van der Waals surface area contributed by atoms with Crippen LogP contribution in [0.3, 0.4) is 0 Å². The Kier molecular flexibility index (Phi) is 3.62. The van der Waals surface area contributed by atoms with Gasteiger partial charge < -0.3 is 15.4 Å². The molecule has 22 heavy (non-hydrogen) atoms. The fourth-order valence-corrected chi connectivity index (χ4v) is 2.27. The summed E-state index contributed by atoms with van der Waals surface area (Å²) in [7, 11) is 0. The Hall–Kier alpha value is -3.08. The molecule has 1 heterocycles. The Morgan fingerprint density at radius 1 is 1.05 bits per heavy atom. The van der Waals surface area contributed by atoms with Crippen molar-refractivity contribution in [3.63, 3.8) is 0 Å². The molecule has 0 spiro atoms. The second kappa shape index (κ2) is 5.73. The largest absolute Gasteiger partial charge is 0.481 e. The molecule has 1 aromatic heterocycles. The van der Waals surface area contributed by atoms with Crippen LogP contribution in [0.15, 0.2) is 54.6 Å². The van der Waals surface area contributed by atoms with E-state index in [9.17, 15) is 9.59 Å². The molecule has 0 bridgehead atoms. The minimum Gasteiger partial charge on any atom is -0.481 e. The summed E-state index contributed by atoms with van der Waals surface area (Å²) in [4.78, 5) is 25.9. The van der Waals surface area contributed by atoms with Crippen molar-refractivity contribution in [3.05, 3.63) is 65.9 Å². The zero-order valence-electron chi connectivity index (χ0n) is 11.7. The molecule has 110 valence electrons. The lowest BCUT2D eigenvalue weighted by atomic mass is 10.1. The highest BCUT2D eigenvalue weighted by atomic mass is 16.4. The van der Waals surface area contributed by atoms with Gasteiger partial charge in [0.15, 0.2) is 0 Å². The Balaban J connectivity index is 1.74. The number of H-pyrrole nitrogens is 1. The molecule has 0 atom stereocenters. The van der Waals surface area contributed by atoms with Crippen molar-refractivity contribution in [1.82, 2.24) is 4.98 Å². The lowest BCUT2D eigenvalue weighted by Gasteiger charge is -2.04. The molecule has 0 saturated carbocycles. The third kappa shape index (κ3) is 2.98. The van der Waals surface area contributed by atoms with Gasteiger partial charge in [-0.2, -0.15) is 0 Å². The van der Waals surface area contributed by atoms with Crippen molar-refractivity contribution in [2.24, 2.45) is 0 Å². The van der Waals surface area contributed by atoms with Gasteiger partial charge in [0.25, 0.3) is 5.91 Å². The normalized spacial score (nSPS) is 10.5. The van der Waals surface area contributed by atoms with Gasteiger partial charge in [-0.05, 0) is 29.8 Å². The number of fused-ring (bicyclic) bond motifs is 1. The van der Waals surface area contributed by atoms with E-state index < -0.39 is 5.97 Å². The number of carbonyl (C=O) groups excluding carboxylic acids is 1. The molecule has 3 rings (SSSR count). The molecule has 2 aromatic carbocycles. The van der Waals surface area contributed by atoms with Crippen LogP contribution in [-0.2, 0) is 11.2 Å². The first-order chi connectivity index (χ1) is 10.6. The van der Waals surface area contributed by atoms with Crippen LogP contribution >= 0.6 is 0 Å². The number of anilines is 1. The molecular weight excluding hydrogens is 280 g/mol. The third-order valence-electron chi connectivity index (χ3n) is 3.34. The van der Waals surface area contributed by atoms with Crippen LogP contribution in [0.1, 0.15) is 16.1 Å². The smallest absolute Gasteiger partial charge is 0.307 e. The van der Waals surface area contributed by atoms with Gasteiger partial charge in [0.1, 0.15) is 5.69 Å². The number of carboxylic acid groups (broad SMARTS) is 1. The monoisotopic (exact) mass is 294 g/mol. The Bertz CT molecular complexity index is 801. The maximum Gasteiger partial charge on any atom is 0.307 e. The molecule has 0 aliphatic rings. The number of carboxylic acids is 1. The van der Waals surface area contributed by atoms with E-state index >= 15 is 0 Å². The van der Waals surface area contributed by atoms with Crippen LogP contribution in [0, 0.1) is 0 Å². The van der Waals surface area contributed by atoms with Crippen LogP contribution in [0.2, 0.25) is 0 Å². The number of benzene rings is 2. The summed E-state index contributed by atoms with van der Waals surface area (Å²) < 4.78 is 0. The molecule has 3 N–H and O–H groups in total. The van der Waals surface area contributed by atoms with Crippen LogP contribution in [-0.4, -0.2) is 22.0 Å². The van der Waals surface area contributed by atoms with Crippen molar-refractivity contribution < 1.29 is 14.7 Å². The molecule has 0 saturated heterocycles. The highest BCUT2D eigenvalue weighted by Crippen LogP contribution is 2.16. The maximum absolute atomic E-state index is 12.2. The van der Waals surface area contributed by atoms with Gasteiger partial charge in [-0.3, -0.25) is 9.59 Å². The van der Waals surface area contributed by atoms with Gasteiger partial charge in [0, 0.05) is 16.6 Å². The van der Waals surface area contributed by atoms with Crippen molar-refractivity contribution >= 4 is 28.5 Å². The SMILES string of the molecule is O=C(O)Cc1ccc(NC(=O)c2cc3ccccc3[nH]2)cc1. The molecule has 3 aromatic rings. The number of amides is 1. The van der Waals surface area contributed by atoms with E-state index in [4.69, 9.17) is 5.11 Å². The van der Waals surface area contributed by atoms with Crippen LogP contribution in [0.25, 0.3) is 10.9 Å². The molecule has 0 fully saturated rings. The average Bonchev–Trinajstić information content (AvgIpc) is 2.93. The minimum absolute atomic E-state index is 0.0315. The number of aromatic nitrogens is 1. The molecule has 5 heteroatoms. The maximum atomic E-state index is 12.2. The van der Waals surface area contributed by atoms with Crippen molar-refractivity contribution in [2.45, 2.75) is 6.42 Å². The van der Waals surface area contributed by atoms with E-state index in [0.717, 1.165) is 10.9 Å². The summed E-state index contributed by atoms with van der Waals surface area (Å²) >= 11 is 0.